The second kappa shape index (κ2) is 5.59. The summed E-state index contributed by atoms with van der Waals surface area (Å²) in [5.41, 5.74) is 5.85. The van der Waals surface area contributed by atoms with E-state index in [0.29, 0.717) is 26.6 Å². The van der Waals surface area contributed by atoms with Gasteiger partial charge in [0.05, 0.1) is 10.0 Å². The normalized spacial score (nSPS) is 10.3. The van der Waals surface area contributed by atoms with Gasteiger partial charge >= 0.3 is 0 Å². The van der Waals surface area contributed by atoms with Gasteiger partial charge in [0.2, 0.25) is 0 Å². The van der Waals surface area contributed by atoms with Crippen molar-refractivity contribution in [3.8, 4) is 11.5 Å². The van der Waals surface area contributed by atoms with Gasteiger partial charge in [-0.2, -0.15) is 0 Å². The third kappa shape index (κ3) is 3.24. The fourth-order valence-corrected chi connectivity index (χ4v) is 2.08. The van der Waals surface area contributed by atoms with E-state index < -0.39 is 0 Å². The number of halogens is 3. The molecule has 0 saturated heterocycles. The van der Waals surface area contributed by atoms with Crippen molar-refractivity contribution >= 4 is 33.4 Å². The molecule has 0 bridgehead atoms. The van der Waals surface area contributed by atoms with Crippen molar-refractivity contribution in [2.75, 3.05) is 0 Å². The van der Waals surface area contributed by atoms with Crippen LogP contribution in [0.4, 0.5) is 4.39 Å². The first-order chi connectivity index (χ1) is 8.97. The van der Waals surface area contributed by atoms with Crippen molar-refractivity contribution in [1.82, 2.24) is 0 Å². The molecule has 2 rings (SSSR count). The summed E-state index contributed by atoms with van der Waals surface area (Å²) in [5.74, 6) is 0.272. The Labute approximate surface area is 122 Å². The molecular formula is C13H9BrClFN2O. The highest BCUT2D eigenvalue weighted by Gasteiger charge is 2.11. The molecule has 98 valence electrons. The molecule has 2 aromatic rings. The molecule has 0 aliphatic heterocycles. The predicted octanol–water partition coefficient (Wildman–Crippen LogP) is 4.32. The minimum absolute atomic E-state index is 0.157. The van der Waals surface area contributed by atoms with Gasteiger partial charge in [0, 0.05) is 5.02 Å². The van der Waals surface area contributed by atoms with E-state index in [1.54, 1.807) is 12.1 Å². The van der Waals surface area contributed by atoms with Crippen LogP contribution >= 0.6 is 27.5 Å². The van der Waals surface area contributed by atoms with Crippen molar-refractivity contribution < 1.29 is 9.13 Å². The Bertz CT molecular complexity index is 649. The van der Waals surface area contributed by atoms with Gasteiger partial charge in [-0.05, 0) is 52.3 Å². The lowest BCUT2D eigenvalue weighted by Crippen LogP contribution is -2.12. The summed E-state index contributed by atoms with van der Waals surface area (Å²) in [6, 6.07) is 8.83. The zero-order valence-electron chi connectivity index (χ0n) is 9.58. The molecule has 6 heteroatoms. The van der Waals surface area contributed by atoms with Crippen molar-refractivity contribution in [3.63, 3.8) is 0 Å². The zero-order chi connectivity index (χ0) is 14.0. The smallest absolute Gasteiger partial charge is 0.141 e. The van der Waals surface area contributed by atoms with E-state index in [2.05, 4.69) is 15.9 Å². The van der Waals surface area contributed by atoms with E-state index in [9.17, 15) is 4.39 Å². The second-order valence-electron chi connectivity index (χ2n) is 3.73. The molecule has 0 spiro atoms. The summed E-state index contributed by atoms with van der Waals surface area (Å²) < 4.78 is 19.1. The van der Waals surface area contributed by atoms with Gasteiger partial charge in [0.25, 0.3) is 0 Å². The minimum Gasteiger partial charge on any atom is -0.455 e. The number of benzene rings is 2. The molecule has 0 aromatic heterocycles. The van der Waals surface area contributed by atoms with Crippen molar-refractivity contribution in [2.45, 2.75) is 0 Å². The maximum atomic E-state index is 13.0. The van der Waals surface area contributed by atoms with E-state index in [0.717, 1.165) is 0 Å². The first-order valence-electron chi connectivity index (χ1n) is 5.24. The number of nitrogens with one attached hydrogen (secondary N) is 1. The molecule has 3 N–H and O–H groups in total. The summed E-state index contributed by atoms with van der Waals surface area (Å²) in [5, 5.41) is 7.95. The minimum atomic E-state index is -0.373. The third-order valence-corrected chi connectivity index (χ3v) is 3.20. The standard InChI is InChI=1S/C13H9BrClFN2O/c14-10-6-8(16)2-4-12(10)19-11-3-1-7(15)5-9(11)13(17)18/h1-6H,(H3,17,18). The molecule has 0 aliphatic carbocycles. The zero-order valence-corrected chi connectivity index (χ0v) is 11.9. The molecule has 0 unspecified atom stereocenters. The molecule has 0 aliphatic rings. The van der Waals surface area contributed by atoms with Crippen LogP contribution in [0.5, 0.6) is 11.5 Å². The van der Waals surface area contributed by atoms with E-state index in [1.807, 2.05) is 0 Å². The Morgan fingerprint density at radius 3 is 2.53 bits per heavy atom. The van der Waals surface area contributed by atoms with E-state index >= 15 is 0 Å². The molecule has 0 heterocycles. The van der Waals surface area contributed by atoms with Crippen LogP contribution in [0.2, 0.25) is 5.02 Å². The lowest BCUT2D eigenvalue weighted by molar-refractivity contribution is 0.476. The maximum Gasteiger partial charge on any atom is 0.141 e. The molecule has 0 fully saturated rings. The summed E-state index contributed by atoms with van der Waals surface area (Å²) in [6.45, 7) is 0. The third-order valence-electron chi connectivity index (χ3n) is 2.35. The molecule has 3 nitrogen and oxygen atoms in total. The predicted molar refractivity (Wildman–Crippen MR) is 76.6 cm³/mol. The van der Waals surface area contributed by atoms with E-state index in [1.165, 1.54) is 24.3 Å². The molecule has 2 aromatic carbocycles. The quantitative estimate of drug-likeness (QED) is 0.644. The van der Waals surface area contributed by atoms with Crippen LogP contribution in [0, 0.1) is 11.2 Å². The number of nitrogen functional groups attached to an aromatic ring is 1. The van der Waals surface area contributed by atoms with Crippen LogP contribution in [0.1, 0.15) is 5.56 Å². The fraction of sp³-hybridized carbons (Fsp3) is 0. The van der Waals surface area contributed by atoms with Gasteiger partial charge in [-0.3, -0.25) is 5.41 Å². The van der Waals surface area contributed by atoms with Crippen LogP contribution in [0.3, 0.4) is 0 Å². The van der Waals surface area contributed by atoms with Gasteiger partial charge in [-0.25, -0.2) is 4.39 Å². The highest BCUT2D eigenvalue weighted by atomic mass is 79.9. The lowest BCUT2D eigenvalue weighted by Gasteiger charge is -2.12. The SMILES string of the molecule is N=C(N)c1cc(Cl)ccc1Oc1ccc(F)cc1Br. The Morgan fingerprint density at radius 2 is 1.89 bits per heavy atom. The maximum absolute atomic E-state index is 13.0. The first-order valence-corrected chi connectivity index (χ1v) is 6.41. The number of hydrogen-bond acceptors (Lipinski definition) is 2. The van der Waals surface area contributed by atoms with Gasteiger partial charge in [-0.15, -0.1) is 0 Å². The van der Waals surface area contributed by atoms with Gasteiger partial charge in [0.1, 0.15) is 23.2 Å². The Hall–Kier alpha value is -1.59. The van der Waals surface area contributed by atoms with E-state index in [-0.39, 0.29) is 11.7 Å². The van der Waals surface area contributed by atoms with Crippen LogP contribution in [-0.4, -0.2) is 5.84 Å². The lowest BCUT2D eigenvalue weighted by atomic mass is 10.2. The topological polar surface area (TPSA) is 59.1 Å². The summed E-state index contributed by atoms with van der Waals surface area (Å²) in [6.07, 6.45) is 0. The first kappa shape index (κ1) is 13.8. The molecule has 0 atom stereocenters. The van der Waals surface area contributed by atoms with Gasteiger partial charge in [-0.1, -0.05) is 11.6 Å². The number of hydrogen-bond donors (Lipinski definition) is 2. The molecule has 19 heavy (non-hydrogen) atoms. The number of rotatable bonds is 3. The second-order valence-corrected chi connectivity index (χ2v) is 5.02. The molecule has 0 amide bonds. The van der Waals surface area contributed by atoms with Crippen LogP contribution in [-0.2, 0) is 0 Å². The highest BCUT2D eigenvalue weighted by molar-refractivity contribution is 9.10. The van der Waals surface area contributed by atoms with Crippen molar-refractivity contribution in [2.24, 2.45) is 5.73 Å². The van der Waals surface area contributed by atoms with Crippen LogP contribution in [0.15, 0.2) is 40.9 Å². The fourth-order valence-electron chi connectivity index (χ4n) is 1.48. The highest BCUT2D eigenvalue weighted by Crippen LogP contribution is 2.32. The Balaban J connectivity index is 2.40. The van der Waals surface area contributed by atoms with E-state index in [4.69, 9.17) is 27.5 Å². The van der Waals surface area contributed by atoms with Crippen LogP contribution in [0.25, 0.3) is 0 Å². The van der Waals surface area contributed by atoms with Crippen molar-refractivity contribution in [3.05, 3.63) is 57.3 Å². The monoisotopic (exact) mass is 342 g/mol. The molecular weight excluding hydrogens is 335 g/mol. The Kier molecular flexibility index (Phi) is 4.07. The largest absolute Gasteiger partial charge is 0.455 e. The average molecular weight is 344 g/mol. The average Bonchev–Trinajstić information content (AvgIpc) is 2.34. The summed E-state index contributed by atoms with van der Waals surface area (Å²) in [4.78, 5) is 0. The van der Waals surface area contributed by atoms with Gasteiger partial charge < -0.3 is 10.5 Å². The summed E-state index contributed by atoms with van der Waals surface area (Å²) in [7, 11) is 0. The van der Waals surface area contributed by atoms with Crippen molar-refractivity contribution in [1.29, 1.82) is 5.41 Å². The number of nitrogens with two attached hydrogens (primary N) is 1. The summed E-state index contributed by atoms with van der Waals surface area (Å²) >= 11 is 9.05. The molecule has 0 saturated carbocycles. The number of ether oxygens (including phenoxy) is 1. The Morgan fingerprint density at radius 1 is 1.21 bits per heavy atom. The van der Waals surface area contributed by atoms with Gasteiger partial charge in [0.15, 0.2) is 0 Å². The molecule has 0 radical (unpaired) electrons. The number of amidine groups is 1. The van der Waals surface area contributed by atoms with Crippen LogP contribution < -0.4 is 10.5 Å².